The number of nitrogens with one attached hydrogen (secondary N) is 1. The minimum Gasteiger partial charge on any atom is -1.00 e. The topological polar surface area (TPSA) is 93.0 Å². The van der Waals surface area contributed by atoms with Crippen LogP contribution in [0.5, 0.6) is 0 Å². The third-order valence-electron chi connectivity index (χ3n) is 1.93. The van der Waals surface area contributed by atoms with Crippen LogP contribution < -0.4 is 30.2 Å². The molecule has 0 aliphatic rings. The van der Waals surface area contributed by atoms with Crippen LogP contribution >= 0.6 is 25.3 Å². The highest BCUT2D eigenvalue weighted by Crippen LogP contribution is 1.94. The third-order valence-corrected chi connectivity index (χ3v) is 2.57. The highest BCUT2D eigenvalue weighted by molar-refractivity contribution is 7.80. The number of thiol groups is 2. The summed E-state index contributed by atoms with van der Waals surface area (Å²) in [6.45, 7) is 1.82. The van der Waals surface area contributed by atoms with Gasteiger partial charge in [-0.15, -0.1) is 0 Å². The minimum absolute atomic E-state index is 0. The van der Waals surface area contributed by atoms with Crippen molar-refractivity contribution in [1.29, 1.82) is 10.8 Å². The van der Waals surface area contributed by atoms with Gasteiger partial charge in [-0.3, -0.25) is 4.99 Å². The summed E-state index contributed by atoms with van der Waals surface area (Å²) in [5.41, 5.74) is 3.20. The predicted molar refractivity (Wildman–Crippen MR) is 85.9 cm³/mol. The van der Waals surface area contributed by atoms with Crippen LogP contribution in [0.4, 0.5) is 0 Å². The Bertz CT molecular complexity index is 363. The van der Waals surface area contributed by atoms with E-state index in [1.165, 1.54) is 0 Å². The molecular formula is C10H21Cl2N7S2. The van der Waals surface area contributed by atoms with Gasteiger partial charge in [0.25, 0.3) is 10.8 Å². The molecule has 1 N–H and O–H groups in total. The molecule has 0 aromatic heterocycles. The Balaban J connectivity index is -0.000000126. The highest BCUT2D eigenvalue weighted by atomic mass is 35.5. The molecule has 0 spiro atoms. The van der Waals surface area contributed by atoms with Crippen molar-refractivity contribution in [2.75, 3.05) is 18.6 Å². The molecule has 0 aliphatic carbocycles. The van der Waals surface area contributed by atoms with E-state index < -0.39 is 0 Å². The van der Waals surface area contributed by atoms with E-state index in [1.807, 2.05) is 6.92 Å². The molecule has 21 heavy (non-hydrogen) atoms. The van der Waals surface area contributed by atoms with Crippen molar-refractivity contribution >= 4 is 36.8 Å². The molecule has 0 radical (unpaired) electrons. The molecule has 0 atom stereocenters. The number of hydrogen-bond acceptors (Lipinski definition) is 6. The third kappa shape index (κ3) is 24.6. The molecule has 0 aromatic carbocycles. The van der Waals surface area contributed by atoms with Gasteiger partial charge in [0.1, 0.15) is 5.71 Å². The van der Waals surface area contributed by atoms with E-state index in [-0.39, 0.29) is 24.8 Å². The first kappa shape index (κ1) is 28.4. The number of rotatable bonds is 6. The minimum atomic E-state index is 0. The summed E-state index contributed by atoms with van der Waals surface area (Å²) in [7, 11) is 1.64. The van der Waals surface area contributed by atoms with Crippen LogP contribution in [0.3, 0.4) is 0 Å². The Labute approximate surface area is 149 Å². The standard InChI is InChI=1S/C5H10N4S.C5H9N3S.2ClH/c1-7-5(8-9-6)3-2-4-10;1-5(7-8-6)3-2-4-9;;/h2-4H2,1H3,(H-,7,8,10);2-4H2,1H3;2*1H/b;7-5+;;. The summed E-state index contributed by atoms with van der Waals surface area (Å²) in [4.78, 5) is 3.83. The van der Waals surface area contributed by atoms with Gasteiger partial charge < -0.3 is 24.8 Å². The fraction of sp³-hybridized carbons (Fsp3) is 0.800. The van der Waals surface area contributed by atoms with E-state index in [9.17, 15) is 0 Å². The summed E-state index contributed by atoms with van der Waals surface area (Å²) >= 11 is 8.04. The summed E-state index contributed by atoms with van der Waals surface area (Å²) in [5, 5.41) is 24.9. The molecule has 0 unspecified atom stereocenters. The number of amidine groups is 1. The molecule has 0 aromatic rings. The van der Waals surface area contributed by atoms with Crippen LogP contribution in [-0.2, 0) is 0 Å². The van der Waals surface area contributed by atoms with Crippen molar-refractivity contribution in [2.45, 2.75) is 32.6 Å². The summed E-state index contributed by atoms with van der Waals surface area (Å²) in [5.74, 6) is 2.33. The Morgan fingerprint density at radius 1 is 1.10 bits per heavy atom. The van der Waals surface area contributed by atoms with Crippen molar-refractivity contribution < 1.29 is 24.8 Å². The van der Waals surface area contributed by atoms with Crippen molar-refractivity contribution in [3.63, 3.8) is 0 Å². The van der Waals surface area contributed by atoms with E-state index in [4.69, 9.17) is 10.8 Å². The van der Waals surface area contributed by atoms with Crippen molar-refractivity contribution in [2.24, 2.45) is 10.1 Å². The normalized spacial score (nSPS) is 9.81. The quantitative estimate of drug-likeness (QED) is 0.152. The molecule has 0 bridgehead atoms. The zero-order valence-corrected chi connectivity index (χ0v) is 15.4. The lowest BCUT2D eigenvalue weighted by Crippen LogP contribution is -3.00. The fourth-order valence-electron chi connectivity index (χ4n) is 0.983. The number of hydrogen-bond donors (Lipinski definition) is 3. The second kappa shape index (κ2) is 24.3. The van der Waals surface area contributed by atoms with Gasteiger partial charge >= 0.3 is 10.2 Å². The van der Waals surface area contributed by atoms with E-state index in [0.29, 0.717) is 5.84 Å². The highest BCUT2D eigenvalue weighted by Gasteiger charge is 2.01. The van der Waals surface area contributed by atoms with Crippen molar-refractivity contribution in [1.82, 2.24) is 5.43 Å². The lowest BCUT2D eigenvalue weighted by Gasteiger charge is -1.92. The Hall–Kier alpha value is -0.740. The largest absolute Gasteiger partial charge is 1.00 e. The lowest BCUT2D eigenvalue weighted by molar-refractivity contribution is -0.001000. The van der Waals surface area contributed by atoms with Gasteiger partial charge in [0.05, 0.1) is 0 Å². The first-order valence-electron chi connectivity index (χ1n) is 5.81. The van der Waals surface area contributed by atoms with Gasteiger partial charge in [-0.25, -0.2) is 0 Å². The van der Waals surface area contributed by atoms with Gasteiger partial charge in [0.2, 0.25) is 0 Å². The lowest BCUT2D eigenvalue weighted by atomic mass is 10.2. The molecule has 0 heterocycles. The van der Waals surface area contributed by atoms with Crippen LogP contribution in [0.15, 0.2) is 10.1 Å². The fourth-order valence-corrected chi connectivity index (χ4v) is 1.30. The maximum Gasteiger partial charge on any atom is 0.338 e. The first-order valence-corrected chi connectivity index (χ1v) is 7.07. The molecule has 0 rings (SSSR count). The molecule has 0 fully saturated rings. The van der Waals surface area contributed by atoms with E-state index in [2.05, 4.69) is 50.9 Å². The average molecular weight is 374 g/mol. The second-order valence-electron chi connectivity index (χ2n) is 3.46. The van der Waals surface area contributed by atoms with Crippen LogP contribution in [0, 0.1) is 10.8 Å². The van der Waals surface area contributed by atoms with Crippen molar-refractivity contribution in [3.8, 4) is 0 Å². The molecule has 7 nitrogen and oxygen atoms in total. The molecule has 0 aliphatic heterocycles. The molecule has 0 amide bonds. The van der Waals surface area contributed by atoms with Gasteiger partial charge in [-0.1, -0.05) is 0 Å². The van der Waals surface area contributed by atoms with E-state index in [1.54, 1.807) is 7.05 Å². The van der Waals surface area contributed by atoms with Gasteiger partial charge in [-0.2, -0.15) is 25.3 Å². The van der Waals surface area contributed by atoms with E-state index in [0.717, 1.165) is 42.9 Å². The average Bonchev–Trinajstić information content (AvgIpc) is 2.42. The maximum atomic E-state index is 8.08. The van der Waals surface area contributed by atoms with Crippen LogP contribution in [0.2, 0.25) is 0 Å². The SMILES string of the molecule is C/C(CCCS)=N\[N+]#N.CN=C(CCCS)N[N+]#N.[Cl-].[Cl-]. The summed E-state index contributed by atoms with van der Waals surface area (Å²) in [6, 6.07) is 0. The second-order valence-corrected chi connectivity index (χ2v) is 4.36. The number of nitrogens with zero attached hydrogens (tertiary/aromatic N) is 6. The smallest absolute Gasteiger partial charge is 0.338 e. The summed E-state index contributed by atoms with van der Waals surface area (Å²) in [6.07, 6.45) is 3.53. The molecule has 0 saturated heterocycles. The van der Waals surface area contributed by atoms with Crippen molar-refractivity contribution in [3.05, 3.63) is 10.2 Å². The first-order chi connectivity index (χ1) is 9.15. The zero-order chi connectivity index (χ0) is 14.9. The zero-order valence-electron chi connectivity index (χ0n) is 12.1. The molecule has 122 valence electrons. The summed E-state index contributed by atoms with van der Waals surface area (Å²) < 4.78 is 0. The number of diazo groups is 2. The van der Waals surface area contributed by atoms with Gasteiger partial charge in [-0.05, 0) is 37.7 Å². The monoisotopic (exact) mass is 373 g/mol. The number of halogens is 2. The molecular weight excluding hydrogens is 353 g/mol. The molecule has 0 saturated carbocycles. The predicted octanol–water partition coefficient (Wildman–Crippen LogP) is -2.98. The van der Waals surface area contributed by atoms with Crippen LogP contribution in [0.25, 0.3) is 10.2 Å². The van der Waals surface area contributed by atoms with E-state index >= 15 is 0 Å². The number of aliphatic imine (C=N–C) groups is 1. The maximum absolute atomic E-state index is 8.08. The van der Waals surface area contributed by atoms with Gasteiger partial charge in [0, 0.05) is 18.9 Å². The Morgan fingerprint density at radius 2 is 1.62 bits per heavy atom. The molecule has 11 heteroatoms. The van der Waals surface area contributed by atoms with Crippen LogP contribution in [0.1, 0.15) is 32.6 Å². The van der Waals surface area contributed by atoms with Crippen LogP contribution in [-0.4, -0.2) is 30.1 Å². The Morgan fingerprint density at radius 3 is 2.00 bits per heavy atom. The van der Waals surface area contributed by atoms with Gasteiger partial charge in [0.15, 0.2) is 10.9 Å². The Kier molecular flexibility index (Phi) is 32.9.